The van der Waals surface area contributed by atoms with Crippen LogP contribution in [0.5, 0.6) is 0 Å². The highest BCUT2D eigenvalue weighted by atomic mass is 16.6. The number of carbonyl (C=O) groups is 1. The number of amides is 1. The Hall–Kier alpha value is -0.770. The predicted molar refractivity (Wildman–Crippen MR) is 31.7 cm³/mol. The van der Waals surface area contributed by atoms with Crippen LogP contribution in [0.3, 0.4) is 0 Å². The largest absolute Gasteiger partial charge is 0.444 e. The minimum Gasteiger partial charge on any atom is -0.444 e. The van der Waals surface area contributed by atoms with Gasteiger partial charge in [0.15, 0.2) is 0 Å². The van der Waals surface area contributed by atoms with Crippen molar-refractivity contribution in [1.29, 1.82) is 0 Å². The number of hydrazine groups is 1. The minimum atomic E-state index is -0.381. The summed E-state index contributed by atoms with van der Waals surface area (Å²) in [6.07, 6.45) is 0.521. The van der Waals surface area contributed by atoms with Crippen molar-refractivity contribution in [1.82, 2.24) is 10.9 Å². The molecule has 0 aromatic heterocycles. The van der Waals surface area contributed by atoms with Crippen molar-refractivity contribution in [3.05, 3.63) is 0 Å². The SMILES string of the molecule is CCC1CNNC(=O)O1. The predicted octanol–water partition coefficient (Wildman–Crippen LogP) is 0.00940. The van der Waals surface area contributed by atoms with Crippen LogP contribution in [-0.4, -0.2) is 18.7 Å². The highest BCUT2D eigenvalue weighted by Crippen LogP contribution is 1.98. The zero-order valence-electron chi connectivity index (χ0n) is 5.31. The highest BCUT2D eigenvalue weighted by molar-refractivity contribution is 5.67. The molecule has 1 aliphatic heterocycles. The first-order valence-electron chi connectivity index (χ1n) is 3.02. The van der Waals surface area contributed by atoms with E-state index in [0.29, 0.717) is 6.54 Å². The highest BCUT2D eigenvalue weighted by Gasteiger charge is 2.16. The lowest BCUT2D eigenvalue weighted by Crippen LogP contribution is -2.50. The summed E-state index contributed by atoms with van der Waals surface area (Å²) in [5.41, 5.74) is 5.05. The van der Waals surface area contributed by atoms with Crippen LogP contribution < -0.4 is 10.9 Å². The fourth-order valence-corrected chi connectivity index (χ4v) is 0.687. The number of nitrogens with one attached hydrogen (secondary N) is 2. The Balaban J connectivity index is 2.32. The van der Waals surface area contributed by atoms with Crippen LogP contribution in [-0.2, 0) is 4.74 Å². The van der Waals surface area contributed by atoms with Gasteiger partial charge >= 0.3 is 6.09 Å². The summed E-state index contributed by atoms with van der Waals surface area (Å²) < 4.78 is 4.82. The molecule has 1 heterocycles. The summed E-state index contributed by atoms with van der Waals surface area (Å²) in [6, 6.07) is 0. The maximum atomic E-state index is 10.4. The van der Waals surface area contributed by atoms with Gasteiger partial charge in [0, 0.05) is 0 Å². The van der Waals surface area contributed by atoms with Gasteiger partial charge in [-0.1, -0.05) is 6.92 Å². The molecular formula is C5H10N2O2. The fourth-order valence-electron chi connectivity index (χ4n) is 0.687. The van der Waals surface area contributed by atoms with Crippen molar-refractivity contribution >= 4 is 6.09 Å². The van der Waals surface area contributed by atoms with Crippen molar-refractivity contribution in [3.8, 4) is 0 Å². The van der Waals surface area contributed by atoms with Crippen LogP contribution in [0, 0.1) is 0 Å². The van der Waals surface area contributed by atoms with Crippen molar-refractivity contribution in [2.24, 2.45) is 0 Å². The zero-order chi connectivity index (χ0) is 6.69. The standard InChI is InChI=1S/C5H10N2O2/c1-2-4-3-6-7-5(8)9-4/h4,6H,2-3H2,1H3,(H,7,8). The molecule has 9 heavy (non-hydrogen) atoms. The van der Waals surface area contributed by atoms with Gasteiger partial charge < -0.3 is 4.74 Å². The summed E-state index contributed by atoms with van der Waals surface area (Å²) in [5, 5.41) is 0. The van der Waals surface area contributed by atoms with E-state index in [0.717, 1.165) is 6.42 Å². The minimum absolute atomic E-state index is 0.0405. The zero-order valence-corrected chi connectivity index (χ0v) is 5.31. The van der Waals surface area contributed by atoms with Gasteiger partial charge in [-0.05, 0) is 6.42 Å². The van der Waals surface area contributed by atoms with Crippen LogP contribution in [0.4, 0.5) is 4.79 Å². The molecule has 1 rings (SSSR count). The van der Waals surface area contributed by atoms with E-state index in [9.17, 15) is 4.79 Å². The van der Waals surface area contributed by atoms with E-state index < -0.39 is 0 Å². The molecule has 4 nitrogen and oxygen atoms in total. The van der Waals surface area contributed by atoms with E-state index in [1.807, 2.05) is 6.92 Å². The lowest BCUT2D eigenvalue weighted by Gasteiger charge is -2.22. The van der Waals surface area contributed by atoms with E-state index in [-0.39, 0.29) is 12.2 Å². The van der Waals surface area contributed by atoms with E-state index >= 15 is 0 Å². The van der Waals surface area contributed by atoms with Crippen LogP contribution in [0.25, 0.3) is 0 Å². The Morgan fingerprint density at radius 1 is 1.89 bits per heavy atom. The maximum absolute atomic E-state index is 10.4. The summed E-state index contributed by atoms with van der Waals surface area (Å²) >= 11 is 0. The molecule has 1 fully saturated rings. The second kappa shape index (κ2) is 2.68. The lowest BCUT2D eigenvalue weighted by atomic mass is 10.3. The second-order valence-corrected chi connectivity index (χ2v) is 1.94. The van der Waals surface area contributed by atoms with E-state index in [1.54, 1.807) is 0 Å². The third kappa shape index (κ3) is 1.57. The molecule has 0 bridgehead atoms. The second-order valence-electron chi connectivity index (χ2n) is 1.94. The van der Waals surface area contributed by atoms with E-state index in [2.05, 4.69) is 10.9 Å². The van der Waals surface area contributed by atoms with Crippen molar-refractivity contribution in [2.75, 3.05) is 6.54 Å². The third-order valence-electron chi connectivity index (χ3n) is 1.25. The molecule has 0 spiro atoms. The first-order valence-corrected chi connectivity index (χ1v) is 3.02. The van der Waals surface area contributed by atoms with Gasteiger partial charge in [-0.3, -0.25) is 5.43 Å². The number of rotatable bonds is 1. The average Bonchev–Trinajstić information content (AvgIpc) is 1.88. The van der Waals surface area contributed by atoms with Crippen LogP contribution >= 0.6 is 0 Å². The Morgan fingerprint density at radius 2 is 2.67 bits per heavy atom. The summed E-state index contributed by atoms with van der Waals surface area (Å²) in [4.78, 5) is 10.4. The molecule has 1 saturated heterocycles. The van der Waals surface area contributed by atoms with Crippen molar-refractivity contribution in [3.63, 3.8) is 0 Å². The monoisotopic (exact) mass is 130 g/mol. The average molecular weight is 130 g/mol. The van der Waals surface area contributed by atoms with Gasteiger partial charge in [-0.2, -0.15) is 0 Å². The van der Waals surface area contributed by atoms with E-state index in [1.165, 1.54) is 0 Å². The number of cyclic esters (lactones) is 1. The Labute approximate surface area is 53.5 Å². The van der Waals surface area contributed by atoms with Gasteiger partial charge in [0.2, 0.25) is 0 Å². The topological polar surface area (TPSA) is 50.4 Å². The van der Waals surface area contributed by atoms with Crippen LogP contribution in [0.1, 0.15) is 13.3 Å². The normalized spacial score (nSPS) is 26.8. The third-order valence-corrected chi connectivity index (χ3v) is 1.25. The fraction of sp³-hybridized carbons (Fsp3) is 0.800. The molecule has 0 saturated carbocycles. The lowest BCUT2D eigenvalue weighted by molar-refractivity contribution is 0.0663. The number of hydrogen-bond acceptors (Lipinski definition) is 3. The summed E-state index contributed by atoms with van der Waals surface area (Å²) in [5.74, 6) is 0. The van der Waals surface area contributed by atoms with Gasteiger partial charge in [0.25, 0.3) is 0 Å². The van der Waals surface area contributed by atoms with Crippen molar-refractivity contribution < 1.29 is 9.53 Å². The quantitative estimate of drug-likeness (QED) is 0.525. The molecule has 52 valence electrons. The van der Waals surface area contributed by atoms with Gasteiger partial charge in [0.05, 0.1) is 6.54 Å². The number of hydrogen-bond donors (Lipinski definition) is 2. The molecule has 0 aliphatic carbocycles. The molecule has 1 aliphatic rings. The maximum Gasteiger partial charge on any atom is 0.421 e. The molecule has 0 aromatic rings. The molecule has 1 unspecified atom stereocenters. The summed E-state index contributed by atoms with van der Waals surface area (Å²) in [7, 11) is 0. The first kappa shape index (κ1) is 6.35. The number of carbonyl (C=O) groups excluding carboxylic acids is 1. The Bertz CT molecular complexity index is 116. The molecule has 1 atom stereocenters. The summed E-state index contributed by atoms with van der Waals surface area (Å²) in [6.45, 7) is 2.67. The van der Waals surface area contributed by atoms with Gasteiger partial charge in [0.1, 0.15) is 6.10 Å². The smallest absolute Gasteiger partial charge is 0.421 e. The Kier molecular flexibility index (Phi) is 1.89. The number of ether oxygens (including phenoxy) is 1. The van der Waals surface area contributed by atoms with Gasteiger partial charge in [-0.15, -0.1) is 0 Å². The van der Waals surface area contributed by atoms with E-state index in [4.69, 9.17) is 4.74 Å². The Morgan fingerprint density at radius 3 is 3.11 bits per heavy atom. The first-order chi connectivity index (χ1) is 4.33. The van der Waals surface area contributed by atoms with Crippen LogP contribution in [0.2, 0.25) is 0 Å². The molecule has 4 heteroatoms. The molecular weight excluding hydrogens is 120 g/mol. The van der Waals surface area contributed by atoms with Crippen LogP contribution in [0.15, 0.2) is 0 Å². The molecule has 0 radical (unpaired) electrons. The molecule has 2 N–H and O–H groups in total. The molecule has 1 amide bonds. The van der Waals surface area contributed by atoms with Crippen molar-refractivity contribution in [2.45, 2.75) is 19.4 Å². The van der Waals surface area contributed by atoms with Gasteiger partial charge in [-0.25, -0.2) is 10.2 Å². The molecule has 0 aromatic carbocycles.